The fourth-order valence-electron chi connectivity index (χ4n) is 1.67. The van der Waals surface area contributed by atoms with Gasteiger partial charge in [-0.2, -0.15) is 5.10 Å². The van der Waals surface area contributed by atoms with Gasteiger partial charge in [0.25, 0.3) is 5.91 Å². The van der Waals surface area contributed by atoms with Crippen LogP contribution in [0.3, 0.4) is 0 Å². The molecule has 0 aliphatic rings. The molecular weight excluding hydrogens is 251 g/mol. The molecule has 0 saturated heterocycles. The molecular formula is C12H13FN4O2. The van der Waals surface area contributed by atoms with E-state index in [1.165, 1.54) is 36.2 Å². The summed E-state index contributed by atoms with van der Waals surface area (Å²) in [5.41, 5.74) is 5.78. The van der Waals surface area contributed by atoms with Crippen molar-refractivity contribution in [3.8, 4) is 5.75 Å². The number of methoxy groups -OCH3 is 1. The first-order valence-electron chi connectivity index (χ1n) is 5.46. The molecule has 0 spiro atoms. The fraction of sp³-hybridized carbons (Fsp3) is 0.167. The van der Waals surface area contributed by atoms with Crippen LogP contribution in [-0.4, -0.2) is 22.8 Å². The zero-order valence-corrected chi connectivity index (χ0v) is 10.5. The van der Waals surface area contributed by atoms with Crippen molar-refractivity contribution in [1.82, 2.24) is 9.78 Å². The molecule has 100 valence electrons. The lowest BCUT2D eigenvalue weighted by Gasteiger charge is -2.10. The number of ether oxygens (including phenoxy) is 1. The highest BCUT2D eigenvalue weighted by Crippen LogP contribution is 2.24. The Labute approximate surface area is 109 Å². The second-order valence-corrected chi connectivity index (χ2v) is 3.84. The number of aryl methyl sites for hydroxylation is 1. The van der Waals surface area contributed by atoms with Crippen LogP contribution < -0.4 is 15.8 Å². The molecule has 0 bridgehead atoms. The zero-order chi connectivity index (χ0) is 14.0. The maximum Gasteiger partial charge on any atom is 0.263 e. The third kappa shape index (κ3) is 2.35. The van der Waals surface area contributed by atoms with Crippen molar-refractivity contribution in [1.29, 1.82) is 0 Å². The van der Waals surface area contributed by atoms with E-state index in [1.54, 1.807) is 7.05 Å². The van der Waals surface area contributed by atoms with E-state index in [9.17, 15) is 9.18 Å². The van der Waals surface area contributed by atoms with E-state index in [4.69, 9.17) is 10.5 Å². The van der Waals surface area contributed by atoms with E-state index in [0.29, 0.717) is 11.5 Å². The van der Waals surface area contributed by atoms with Crippen molar-refractivity contribution in [2.45, 2.75) is 0 Å². The largest absolute Gasteiger partial charge is 0.496 e. The number of amides is 1. The quantitative estimate of drug-likeness (QED) is 0.878. The molecule has 19 heavy (non-hydrogen) atoms. The van der Waals surface area contributed by atoms with Gasteiger partial charge in [0.05, 0.1) is 19.0 Å². The molecule has 1 aromatic carbocycles. The van der Waals surface area contributed by atoms with E-state index >= 15 is 0 Å². The lowest BCUT2D eigenvalue weighted by atomic mass is 10.1. The number of carbonyl (C=O) groups is 1. The van der Waals surface area contributed by atoms with Gasteiger partial charge < -0.3 is 15.8 Å². The van der Waals surface area contributed by atoms with Crippen molar-refractivity contribution >= 4 is 17.4 Å². The molecule has 0 aliphatic heterocycles. The Morgan fingerprint density at radius 2 is 2.26 bits per heavy atom. The monoisotopic (exact) mass is 264 g/mol. The Morgan fingerprint density at radius 3 is 2.84 bits per heavy atom. The van der Waals surface area contributed by atoms with Crippen molar-refractivity contribution < 1.29 is 13.9 Å². The molecule has 1 heterocycles. The van der Waals surface area contributed by atoms with Gasteiger partial charge in [-0.05, 0) is 12.1 Å². The van der Waals surface area contributed by atoms with Gasteiger partial charge in [0.15, 0.2) is 5.82 Å². The second kappa shape index (κ2) is 4.97. The van der Waals surface area contributed by atoms with Crippen LogP contribution in [-0.2, 0) is 7.05 Å². The Kier molecular flexibility index (Phi) is 3.37. The van der Waals surface area contributed by atoms with Crippen LogP contribution in [0.2, 0.25) is 0 Å². The van der Waals surface area contributed by atoms with Crippen LogP contribution >= 0.6 is 0 Å². The molecule has 2 rings (SSSR count). The number of hydrogen-bond donors (Lipinski definition) is 2. The average molecular weight is 264 g/mol. The predicted octanol–water partition coefficient (Wildman–Crippen LogP) is 1.40. The molecule has 7 heteroatoms. The molecule has 6 nitrogen and oxygen atoms in total. The molecule has 1 amide bonds. The Morgan fingerprint density at radius 1 is 1.53 bits per heavy atom. The van der Waals surface area contributed by atoms with Gasteiger partial charge in [-0.25, -0.2) is 4.39 Å². The standard InChI is InChI=1S/C12H13FN4O2/c1-17-11(8(14)6-15-17)16-12(18)10-7(13)4-3-5-9(10)19-2/h3-6H,14H2,1-2H3,(H,16,18). The average Bonchev–Trinajstić information content (AvgIpc) is 2.70. The van der Waals surface area contributed by atoms with Crippen LogP contribution in [0, 0.1) is 5.82 Å². The summed E-state index contributed by atoms with van der Waals surface area (Å²) >= 11 is 0. The highest BCUT2D eigenvalue weighted by molar-refractivity contribution is 6.07. The van der Waals surface area contributed by atoms with Gasteiger partial charge in [-0.3, -0.25) is 9.48 Å². The molecule has 0 aliphatic carbocycles. The summed E-state index contributed by atoms with van der Waals surface area (Å²) in [6.45, 7) is 0. The second-order valence-electron chi connectivity index (χ2n) is 3.84. The first kappa shape index (κ1) is 12.9. The topological polar surface area (TPSA) is 82.2 Å². The van der Waals surface area contributed by atoms with Gasteiger partial charge in [0.1, 0.15) is 17.1 Å². The number of halogens is 1. The number of rotatable bonds is 3. The van der Waals surface area contributed by atoms with Crippen LogP contribution in [0.15, 0.2) is 24.4 Å². The lowest BCUT2D eigenvalue weighted by molar-refractivity contribution is 0.101. The lowest BCUT2D eigenvalue weighted by Crippen LogP contribution is -2.18. The van der Waals surface area contributed by atoms with E-state index in [2.05, 4.69) is 10.4 Å². The highest BCUT2D eigenvalue weighted by Gasteiger charge is 2.19. The molecule has 0 saturated carbocycles. The number of nitrogens with zero attached hydrogens (tertiary/aromatic N) is 2. The third-order valence-corrected chi connectivity index (χ3v) is 2.62. The van der Waals surface area contributed by atoms with Gasteiger partial charge in [-0.1, -0.05) is 6.07 Å². The number of nitrogen functional groups attached to an aromatic ring is 1. The van der Waals surface area contributed by atoms with Crippen LogP contribution in [0.4, 0.5) is 15.9 Å². The number of benzene rings is 1. The summed E-state index contributed by atoms with van der Waals surface area (Å²) in [5, 5.41) is 6.39. The number of hydrogen-bond acceptors (Lipinski definition) is 4. The van der Waals surface area contributed by atoms with Gasteiger partial charge in [-0.15, -0.1) is 0 Å². The number of anilines is 2. The smallest absolute Gasteiger partial charge is 0.263 e. The number of nitrogens with two attached hydrogens (primary N) is 1. The molecule has 3 N–H and O–H groups in total. The van der Waals surface area contributed by atoms with E-state index in [0.717, 1.165) is 0 Å². The molecule has 0 fully saturated rings. The molecule has 1 aromatic heterocycles. The van der Waals surface area contributed by atoms with Crippen molar-refractivity contribution in [3.63, 3.8) is 0 Å². The van der Waals surface area contributed by atoms with Gasteiger partial charge in [0, 0.05) is 7.05 Å². The number of nitrogens with one attached hydrogen (secondary N) is 1. The first-order chi connectivity index (χ1) is 9.04. The predicted molar refractivity (Wildman–Crippen MR) is 68.5 cm³/mol. The summed E-state index contributed by atoms with van der Waals surface area (Å²) < 4.78 is 20.1. The summed E-state index contributed by atoms with van der Waals surface area (Å²) in [4.78, 5) is 12.1. The molecule has 2 aromatic rings. The highest BCUT2D eigenvalue weighted by atomic mass is 19.1. The number of aromatic nitrogens is 2. The van der Waals surface area contributed by atoms with E-state index in [-0.39, 0.29) is 11.3 Å². The van der Waals surface area contributed by atoms with Crippen molar-refractivity contribution in [2.24, 2.45) is 7.05 Å². The fourth-order valence-corrected chi connectivity index (χ4v) is 1.67. The molecule has 0 radical (unpaired) electrons. The Balaban J connectivity index is 2.36. The summed E-state index contributed by atoms with van der Waals surface area (Å²) in [5.74, 6) is -0.864. The third-order valence-electron chi connectivity index (χ3n) is 2.62. The SMILES string of the molecule is COc1cccc(F)c1C(=O)Nc1c(N)cnn1C. The Hall–Kier alpha value is -2.57. The van der Waals surface area contributed by atoms with E-state index in [1.807, 2.05) is 0 Å². The zero-order valence-electron chi connectivity index (χ0n) is 10.5. The minimum absolute atomic E-state index is 0.151. The normalized spacial score (nSPS) is 10.3. The first-order valence-corrected chi connectivity index (χ1v) is 5.46. The molecule has 0 unspecified atom stereocenters. The summed E-state index contributed by atoms with van der Waals surface area (Å²) in [7, 11) is 2.98. The number of carbonyl (C=O) groups excluding carboxylic acids is 1. The summed E-state index contributed by atoms with van der Waals surface area (Å²) in [6, 6.07) is 4.15. The van der Waals surface area contributed by atoms with E-state index < -0.39 is 11.7 Å². The maximum atomic E-state index is 13.7. The minimum atomic E-state index is -0.669. The summed E-state index contributed by atoms with van der Waals surface area (Å²) in [6.07, 6.45) is 1.40. The van der Waals surface area contributed by atoms with Crippen molar-refractivity contribution in [2.75, 3.05) is 18.2 Å². The van der Waals surface area contributed by atoms with Crippen molar-refractivity contribution in [3.05, 3.63) is 35.8 Å². The van der Waals surface area contributed by atoms with Gasteiger partial charge >= 0.3 is 0 Å². The van der Waals surface area contributed by atoms with Crippen LogP contribution in [0.5, 0.6) is 5.75 Å². The van der Waals surface area contributed by atoms with Crippen LogP contribution in [0.1, 0.15) is 10.4 Å². The van der Waals surface area contributed by atoms with Gasteiger partial charge in [0.2, 0.25) is 0 Å². The maximum absolute atomic E-state index is 13.7. The molecule has 0 atom stereocenters. The Bertz CT molecular complexity index is 605. The minimum Gasteiger partial charge on any atom is -0.496 e. The van der Waals surface area contributed by atoms with Crippen LogP contribution in [0.25, 0.3) is 0 Å².